The quantitative estimate of drug-likeness (QED) is 0.485. The number of H-pyrrole nitrogens is 1. The number of nitrogens with one attached hydrogen (secondary N) is 4. The molecule has 1 aromatic carbocycles. The summed E-state index contributed by atoms with van der Waals surface area (Å²) in [5.41, 5.74) is 0.0528. The van der Waals surface area contributed by atoms with Crippen molar-refractivity contribution in [3.8, 4) is 11.8 Å². The Kier molecular flexibility index (Phi) is 5.02. The van der Waals surface area contributed by atoms with Crippen LogP contribution in [0.1, 0.15) is 42.6 Å². The first-order valence-corrected chi connectivity index (χ1v) is 12.4. The van der Waals surface area contributed by atoms with Gasteiger partial charge in [-0.3, -0.25) is 14.4 Å². The fourth-order valence-corrected chi connectivity index (χ4v) is 6.74. The Hall–Kier alpha value is -3.54. The molecule has 3 saturated carbocycles. The lowest BCUT2D eigenvalue weighted by molar-refractivity contribution is -0.128. The molecule has 9 heteroatoms. The first-order valence-electron chi connectivity index (χ1n) is 12.4. The summed E-state index contributed by atoms with van der Waals surface area (Å²) in [6, 6.07) is 8.87. The number of nitrogens with zero attached hydrogens (tertiary/aromatic N) is 1. The number of hydrogen-bond acceptors (Lipinski definition) is 5. The second kappa shape index (κ2) is 8.01. The van der Waals surface area contributed by atoms with Crippen molar-refractivity contribution < 1.29 is 19.1 Å². The third-order valence-electron chi connectivity index (χ3n) is 8.61. The van der Waals surface area contributed by atoms with E-state index in [1.807, 2.05) is 18.2 Å². The predicted octanol–water partition coefficient (Wildman–Crippen LogP) is 1.86. The lowest BCUT2D eigenvalue weighted by atomic mass is 9.71. The maximum absolute atomic E-state index is 13.5. The van der Waals surface area contributed by atoms with E-state index in [4.69, 9.17) is 4.74 Å². The topological polar surface area (TPSA) is 136 Å². The predicted molar refractivity (Wildman–Crippen MR) is 126 cm³/mol. The van der Waals surface area contributed by atoms with Crippen molar-refractivity contribution in [1.82, 2.24) is 20.9 Å². The number of carbonyl (C=O) groups is 3. The lowest BCUT2D eigenvalue weighted by Gasteiger charge is -2.37. The van der Waals surface area contributed by atoms with Gasteiger partial charge in [0.05, 0.1) is 13.2 Å². The molecule has 4 N–H and O–H groups in total. The highest BCUT2D eigenvalue weighted by Crippen LogP contribution is 2.58. The minimum Gasteiger partial charge on any atom is -0.496 e. The van der Waals surface area contributed by atoms with Crippen molar-refractivity contribution >= 4 is 28.6 Å². The maximum Gasteiger partial charge on any atom is 0.268 e. The number of rotatable bonds is 7. The Morgan fingerprint density at radius 2 is 2.17 bits per heavy atom. The van der Waals surface area contributed by atoms with Crippen LogP contribution in [0.4, 0.5) is 0 Å². The Labute approximate surface area is 203 Å². The minimum atomic E-state index is -1.06. The monoisotopic (exact) mass is 475 g/mol. The Morgan fingerprint density at radius 3 is 2.91 bits per heavy atom. The number of aromatic nitrogens is 1. The van der Waals surface area contributed by atoms with Gasteiger partial charge in [-0.1, -0.05) is 18.9 Å². The van der Waals surface area contributed by atoms with Crippen LogP contribution >= 0.6 is 0 Å². The molecule has 6 atom stereocenters. The molecule has 4 aliphatic rings. The summed E-state index contributed by atoms with van der Waals surface area (Å²) in [5, 5.41) is 19.8. The van der Waals surface area contributed by atoms with Gasteiger partial charge in [0, 0.05) is 29.3 Å². The van der Waals surface area contributed by atoms with E-state index in [0.717, 1.165) is 30.2 Å². The van der Waals surface area contributed by atoms with Gasteiger partial charge in [0.2, 0.25) is 11.8 Å². The molecular formula is C26H29N5O4. The molecular weight excluding hydrogens is 446 g/mol. The number of aromatic amines is 1. The molecule has 2 heterocycles. The summed E-state index contributed by atoms with van der Waals surface area (Å²) >= 11 is 0. The third kappa shape index (κ3) is 3.54. The van der Waals surface area contributed by atoms with E-state index < -0.39 is 11.6 Å². The van der Waals surface area contributed by atoms with E-state index in [2.05, 4.69) is 27.0 Å². The van der Waals surface area contributed by atoms with Gasteiger partial charge in [-0.15, -0.1) is 0 Å². The van der Waals surface area contributed by atoms with E-state index in [0.29, 0.717) is 36.7 Å². The molecule has 1 saturated heterocycles. The number of hydrogen-bond donors (Lipinski definition) is 4. The number of carbonyl (C=O) groups excluding carboxylic acids is 3. The average molecular weight is 476 g/mol. The van der Waals surface area contributed by atoms with Crippen LogP contribution in [0.2, 0.25) is 0 Å². The smallest absolute Gasteiger partial charge is 0.268 e. The summed E-state index contributed by atoms with van der Waals surface area (Å²) in [4.78, 5) is 42.2. The zero-order chi connectivity index (χ0) is 24.3. The van der Waals surface area contributed by atoms with Crippen LogP contribution in [0.15, 0.2) is 24.3 Å². The van der Waals surface area contributed by atoms with Gasteiger partial charge in [-0.2, -0.15) is 5.26 Å². The minimum absolute atomic E-state index is 0.00635. The molecule has 1 aliphatic heterocycles. The number of ether oxygens (including phenoxy) is 1. The Morgan fingerprint density at radius 1 is 1.34 bits per heavy atom. The highest BCUT2D eigenvalue weighted by atomic mass is 16.5. The first-order chi connectivity index (χ1) is 16.9. The fourth-order valence-electron chi connectivity index (χ4n) is 6.74. The fraction of sp³-hybridized carbons (Fsp3) is 0.538. The highest BCUT2D eigenvalue weighted by molar-refractivity contribution is 6.01. The molecule has 4 fully saturated rings. The molecule has 2 bridgehead atoms. The van der Waals surface area contributed by atoms with Crippen LogP contribution in [0.3, 0.4) is 0 Å². The molecule has 0 spiro atoms. The average Bonchev–Trinajstić information content (AvgIpc) is 3.18. The maximum atomic E-state index is 13.5. The van der Waals surface area contributed by atoms with Crippen molar-refractivity contribution in [1.29, 1.82) is 5.26 Å². The van der Waals surface area contributed by atoms with Crippen LogP contribution in [-0.2, 0) is 9.59 Å². The van der Waals surface area contributed by atoms with E-state index >= 15 is 0 Å². The number of methoxy groups -OCH3 is 1. The van der Waals surface area contributed by atoms with Gasteiger partial charge in [-0.25, -0.2) is 0 Å². The highest BCUT2D eigenvalue weighted by Gasteiger charge is 2.65. The molecule has 2 aromatic rings. The van der Waals surface area contributed by atoms with Crippen molar-refractivity contribution in [2.75, 3.05) is 13.7 Å². The third-order valence-corrected chi connectivity index (χ3v) is 8.61. The molecule has 182 valence electrons. The van der Waals surface area contributed by atoms with Crippen LogP contribution < -0.4 is 20.7 Å². The molecule has 35 heavy (non-hydrogen) atoms. The van der Waals surface area contributed by atoms with Crippen molar-refractivity contribution in [2.45, 2.75) is 43.7 Å². The summed E-state index contributed by atoms with van der Waals surface area (Å²) in [6.45, 7) is 0.662. The zero-order valence-electron chi connectivity index (χ0n) is 19.6. The molecule has 0 radical (unpaired) electrons. The molecule has 1 aromatic heterocycles. The van der Waals surface area contributed by atoms with Gasteiger partial charge in [0.25, 0.3) is 5.91 Å². The van der Waals surface area contributed by atoms with Crippen molar-refractivity contribution in [2.24, 2.45) is 29.6 Å². The summed E-state index contributed by atoms with van der Waals surface area (Å²) in [5.74, 6) is 0.422. The molecule has 3 amide bonds. The van der Waals surface area contributed by atoms with E-state index in [-0.39, 0.29) is 41.4 Å². The van der Waals surface area contributed by atoms with E-state index in [9.17, 15) is 19.6 Å². The second-order valence-corrected chi connectivity index (χ2v) is 10.6. The molecule has 3 aliphatic carbocycles. The van der Waals surface area contributed by atoms with Crippen molar-refractivity contribution in [3.63, 3.8) is 0 Å². The van der Waals surface area contributed by atoms with Crippen LogP contribution in [0.25, 0.3) is 10.9 Å². The first kappa shape index (κ1) is 22.0. The zero-order valence-corrected chi connectivity index (χ0v) is 19.6. The van der Waals surface area contributed by atoms with Gasteiger partial charge in [0.1, 0.15) is 23.0 Å². The van der Waals surface area contributed by atoms with Crippen LogP contribution in [0, 0.1) is 40.9 Å². The van der Waals surface area contributed by atoms with Gasteiger partial charge in [0.15, 0.2) is 0 Å². The van der Waals surface area contributed by atoms with Gasteiger partial charge >= 0.3 is 0 Å². The van der Waals surface area contributed by atoms with Crippen LogP contribution in [0.5, 0.6) is 5.75 Å². The molecule has 9 nitrogen and oxygen atoms in total. The Balaban J connectivity index is 1.21. The van der Waals surface area contributed by atoms with Gasteiger partial charge in [-0.05, 0) is 55.2 Å². The van der Waals surface area contributed by atoms with Gasteiger partial charge < -0.3 is 25.7 Å². The molecule has 1 unspecified atom stereocenters. The number of benzene rings is 1. The number of fused-ring (bicyclic) bond motifs is 6. The SMILES string of the molecule is COc1cccc2[nH]c(C(=O)N[C@@H](CC3CC3)C(=O)N[C@@]3(C#N)C[C@@H]4C[C@H]3C3C(=O)NC[C@H]34)cc12. The normalized spacial score (nSPS) is 31.5. The standard InChI is InChI=1S/C26H29N5O4/c1-35-21-4-2-3-18-15(21)9-20(29-18)23(32)30-19(7-13-5-6-13)24(33)31-26(12-27)10-14-8-17(26)22-16(14)11-28-25(22)34/h2-4,9,13-14,16-17,19,22,29H,5-8,10-11H2,1H3,(H,28,34)(H,30,32)(H,31,33)/t14-,16-,17-,19-,22?,26+/m0/s1. The second-order valence-electron chi connectivity index (χ2n) is 10.6. The Bertz CT molecular complexity index is 1260. The molecule has 6 rings (SSSR count). The van der Waals surface area contributed by atoms with Crippen LogP contribution in [-0.4, -0.2) is 47.9 Å². The number of nitriles is 1. The summed E-state index contributed by atoms with van der Waals surface area (Å²) in [7, 11) is 1.58. The van der Waals surface area contributed by atoms with Crippen molar-refractivity contribution in [3.05, 3.63) is 30.0 Å². The number of amides is 3. The van der Waals surface area contributed by atoms with E-state index in [1.54, 1.807) is 13.2 Å². The summed E-state index contributed by atoms with van der Waals surface area (Å²) < 4.78 is 5.39. The summed E-state index contributed by atoms with van der Waals surface area (Å²) in [6.07, 6.45) is 3.93. The largest absolute Gasteiger partial charge is 0.496 e. The van der Waals surface area contributed by atoms with E-state index in [1.165, 1.54) is 0 Å². The lowest BCUT2D eigenvalue weighted by Crippen LogP contribution is -2.59.